The Morgan fingerprint density at radius 1 is 1.00 bits per heavy atom. The number of rotatable bonds is 2. The number of hydrogen-bond donors (Lipinski definition) is 0. The summed E-state index contributed by atoms with van der Waals surface area (Å²) in [5, 5.41) is 20.9. The molecule has 0 N–H and O–H groups in total. The summed E-state index contributed by atoms with van der Waals surface area (Å²) < 4.78 is 0. The zero-order valence-corrected chi connectivity index (χ0v) is 13.0. The van der Waals surface area contributed by atoms with Crippen molar-refractivity contribution >= 4 is 23.5 Å². The zero-order chi connectivity index (χ0) is 10.0. The average molecular weight is 245 g/mol. The van der Waals surface area contributed by atoms with E-state index in [2.05, 4.69) is 0 Å². The predicted molar refractivity (Wildman–Crippen MR) is 40.1 cm³/mol. The third kappa shape index (κ3) is 4.87. The summed E-state index contributed by atoms with van der Waals surface area (Å²) in [7, 11) is 0. The third-order valence-electron chi connectivity index (χ3n) is 1.42. The molecule has 0 unspecified atom stereocenters. The van der Waals surface area contributed by atoms with Crippen LogP contribution in [0.15, 0.2) is 18.2 Å². The Morgan fingerprint density at radius 3 is 1.87 bits per heavy atom. The van der Waals surface area contributed by atoms with Gasteiger partial charge in [-0.1, -0.05) is 17.7 Å². The standard InChI is InChI=1S/C8H5ClO4.2Na/c9-4-1-2-5(7(10)11)6(3-4)8(12)13;;/h1-3H,(H,10,11)(H,12,13);;/q;2*+1/p-2. The van der Waals surface area contributed by atoms with Crippen molar-refractivity contribution in [1.82, 2.24) is 0 Å². The van der Waals surface area contributed by atoms with Gasteiger partial charge in [0.05, 0.1) is 11.9 Å². The van der Waals surface area contributed by atoms with Gasteiger partial charge in [0.15, 0.2) is 0 Å². The summed E-state index contributed by atoms with van der Waals surface area (Å²) >= 11 is 5.46. The van der Waals surface area contributed by atoms with Crippen molar-refractivity contribution in [2.75, 3.05) is 0 Å². The molecule has 7 heteroatoms. The summed E-state index contributed by atoms with van der Waals surface area (Å²) in [5.41, 5.74) is -0.920. The molecular weight excluding hydrogens is 242 g/mol. The minimum Gasteiger partial charge on any atom is -0.545 e. The van der Waals surface area contributed by atoms with Crippen LogP contribution in [0.3, 0.4) is 0 Å². The van der Waals surface area contributed by atoms with E-state index in [1.807, 2.05) is 0 Å². The van der Waals surface area contributed by atoms with Crippen LogP contribution >= 0.6 is 11.6 Å². The van der Waals surface area contributed by atoms with Gasteiger partial charge in [-0.05, 0) is 12.1 Å². The van der Waals surface area contributed by atoms with Gasteiger partial charge in [0, 0.05) is 16.1 Å². The molecule has 0 amide bonds. The molecular formula is C8H3ClNa2O4. The Morgan fingerprint density at radius 2 is 1.47 bits per heavy atom. The molecule has 4 nitrogen and oxygen atoms in total. The number of aromatic carboxylic acids is 2. The number of hydrogen-bond acceptors (Lipinski definition) is 4. The number of halogens is 1. The maximum Gasteiger partial charge on any atom is 1.00 e. The molecule has 68 valence electrons. The van der Waals surface area contributed by atoms with Gasteiger partial charge in [-0.25, -0.2) is 0 Å². The molecule has 1 aromatic carbocycles. The van der Waals surface area contributed by atoms with Gasteiger partial charge in [-0.3, -0.25) is 0 Å². The van der Waals surface area contributed by atoms with Gasteiger partial charge in [0.2, 0.25) is 0 Å². The van der Waals surface area contributed by atoms with Crippen LogP contribution in [0, 0.1) is 0 Å². The van der Waals surface area contributed by atoms with Crippen molar-refractivity contribution in [1.29, 1.82) is 0 Å². The Labute approximate surface area is 135 Å². The van der Waals surface area contributed by atoms with Gasteiger partial charge in [-0.15, -0.1) is 0 Å². The van der Waals surface area contributed by atoms with Crippen molar-refractivity contribution in [2.45, 2.75) is 0 Å². The molecule has 0 bridgehead atoms. The molecule has 0 fully saturated rings. The van der Waals surface area contributed by atoms with Crippen LogP contribution < -0.4 is 69.3 Å². The quantitative estimate of drug-likeness (QED) is 0.484. The van der Waals surface area contributed by atoms with Gasteiger partial charge in [0.25, 0.3) is 0 Å². The third-order valence-corrected chi connectivity index (χ3v) is 1.66. The van der Waals surface area contributed by atoms with Crippen LogP contribution in [0.4, 0.5) is 0 Å². The fourth-order valence-electron chi connectivity index (χ4n) is 0.863. The molecule has 0 atom stereocenters. The van der Waals surface area contributed by atoms with Crippen molar-refractivity contribution in [3.05, 3.63) is 34.3 Å². The SMILES string of the molecule is O=C([O-])c1ccc(Cl)cc1C(=O)[O-].[Na+].[Na+]. The van der Waals surface area contributed by atoms with E-state index in [-0.39, 0.29) is 64.1 Å². The maximum atomic E-state index is 10.4. The first-order chi connectivity index (χ1) is 6.02. The Kier molecular flexibility index (Phi) is 9.13. The summed E-state index contributed by atoms with van der Waals surface area (Å²) in [5.74, 6) is -3.17. The van der Waals surface area contributed by atoms with Gasteiger partial charge >= 0.3 is 59.1 Å². The van der Waals surface area contributed by atoms with Crippen molar-refractivity contribution < 1.29 is 78.9 Å². The fraction of sp³-hybridized carbons (Fsp3) is 0. The monoisotopic (exact) mass is 244 g/mol. The van der Waals surface area contributed by atoms with Crippen LogP contribution in [-0.4, -0.2) is 11.9 Å². The first kappa shape index (κ1) is 17.8. The summed E-state index contributed by atoms with van der Waals surface area (Å²) in [6.45, 7) is 0. The molecule has 0 radical (unpaired) electrons. The number of benzene rings is 1. The molecule has 1 rings (SSSR count). The first-order valence-electron chi connectivity index (χ1n) is 3.24. The predicted octanol–water partition coefficient (Wildman–Crippen LogP) is -6.92. The fourth-order valence-corrected chi connectivity index (χ4v) is 1.04. The number of carbonyl (C=O) groups excluding carboxylic acids is 2. The molecule has 0 spiro atoms. The molecule has 0 saturated carbocycles. The van der Waals surface area contributed by atoms with Crippen LogP contribution in [0.1, 0.15) is 20.7 Å². The maximum absolute atomic E-state index is 10.4. The minimum absolute atomic E-state index is 0. The van der Waals surface area contributed by atoms with Crippen molar-refractivity contribution in [3.63, 3.8) is 0 Å². The number of carboxylic acids is 2. The second-order valence-corrected chi connectivity index (χ2v) is 2.70. The van der Waals surface area contributed by atoms with Crippen LogP contribution in [0.5, 0.6) is 0 Å². The average Bonchev–Trinajstić information content (AvgIpc) is 2.03. The van der Waals surface area contributed by atoms with Crippen molar-refractivity contribution in [3.8, 4) is 0 Å². The second-order valence-electron chi connectivity index (χ2n) is 2.26. The molecule has 0 saturated heterocycles. The van der Waals surface area contributed by atoms with E-state index in [1.54, 1.807) is 0 Å². The van der Waals surface area contributed by atoms with Crippen molar-refractivity contribution in [2.24, 2.45) is 0 Å². The van der Waals surface area contributed by atoms with E-state index in [0.717, 1.165) is 12.1 Å². The van der Waals surface area contributed by atoms with Crippen LogP contribution in [0.2, 0.25) is 5.02 Å². The summed E-state index contributed by atoms with van der Waals surface area (Å²) in [6.07, 6.45) is 0. The van der Waals surface area contributed by atoms with E-state index >= 15 is 0 Å². The van der Waals surface area contributed by atoms with E-state index in [0.29, 0.717) is 0 Å². The van der Waals surface area contributed by atoms with Crippen LogP contribution in [0.25, 0.3) is 0 Å². The molecule has 0 heterocycles. The van der Waals surface area contributed by atoms with Gasteiger partial charge in [0.1, 0.15) is 0 Å². The van der Waals surface area contributed by atoms with E-state index in [4.69, 9.17) is 11.6 Å². The van der Waals surface area contributed by atoms with E-state index < -0.39 is 23.1 Å². The summed E-state index contributed by atoms with van der Waals surface area (Å²) in [4.78, 5) is 20.8. The van der Waals surface area contributed by atoms with Gasteiger partial charge < -0.3 is 19.8 Å². The Hall–Kier alpha value is 0.450. The Balaban J connectivity index is 0. The second kappa shape index (κ2) is 7.68. The normalized spacial score (nSPS) is 8.33. The first-order valence-corrected chi connectivity index (χ1v) is 3.62. The number of carbonyl (C=O) groups is 2. The molecule has 15 heavy (non-hydrogen) atoms. The topological polar surface area (TPSA) is 80.3 Å². The minimum atomic E-state index is -1.60. The Bertz CT molecular complexity index is 381. The molecule has 0 aromatic heterocycles. The summed E-state index contributed by atoms with van der Waals surface area (Å²) in [6, 6.07) is 3.32. The van der Waals surface area contributed by atoms with E-state index in [9.17, 15) is 19.8 Å². The van der Waals surface area contributed by atoms with Crippen LogP contribution in [-0.2, 0) is 0 Å². The van der Waals surface area contributed by atoms with Gasteiger partial charge in [-0.2, -0.15) is 0 Å². The molecule has 1 aromatic rings. The smallest absolute Gasteiger partial charge is 0.545 e. The largest absolute Gasteiger partial charge is 1.00 e. The molecule has 0 aliphatic heterocycles. The molecule has 0 aliphatic rings. The number of carboxylic acid groups (broad SMARTS) is 2. The zero-order valence-electron chi connectivity index (χ0n) is 8.24. The van der Waals surface area contributed by atoms with E-state index in [1.165, 1.54) is 6.07 Å². The molecule has 0 aliphatic carbocycles.